The molecule has 1 saturated heterocycles. The third-order valence-corrected chi connectivity index (χ3v) is 3.66. The van der Waals surface area contributed by atoms with Gasteiger partial charge in [-0.3, -0.25) is 0 Å². The maximum Gasteiger partial charge on any atom is 0.132 e. The predicted molar refractivity (Wildman–Crippen MR) is 77.5 cm³/mol. The Balaban J connectivity index is 0.00000128. The summed E-state index contributed by atoms with van der Waals surface area (Å²) in [5, 5.41) is 3.37. The summed E-state index contributed by atoms with van der Waals surface area (Å²) in [5.74, 6) is 1.75. The second-order valence-corrected chi connectivity index (χ2v) is 5.10. The van der Waals surface area contributed by atoms with Gasteiger partial charge in [-0.2, -0.15) is 0 Å². The number of hydrogen-bond acceptors (Lipinski definition) is 2. The summed E-state index contributed by atoms with van der Waals surface area (Å²) in [7, 11) is 0. The van der Waals surface area contributed by atoms with Crippen molar-refractivity contribution in [1.82, 2.24) is 5.32 Å². The highest BCUT2D eigenvalue weighted by Crippen LogP contribution is 2.21. The summed E-state index contributed by atoms with van der Waals surface area (Å²) >= 11 is 2.32. The molecule has 0 aliphatic carbocycles. The van der Waals surface area contributed by atoms with E-state index >= 15 is 0 Å². The van der Waals surface area contributed by atoms with Crippen LogP contribution in [0.1, 0.15) is 12.8 Å². The van der Waals surface area contributed by atoms with Gasteiger partial charge in [-0.15, -0.1) is 12.4 Å². The van der Waals surface area contributed by atoms with Gasteiger partial charge in [-0.25, -0.2) is 0 Å². The van der Waals surface area contributed by atoms with Crippen LogP contribution >= 0.6 is 35.0 Å². The molecule has 4 heteroatoms. The van der Waals surface area contributed by atoms with Crippen LogP contribution in [0.2, 0.25) is 0 Å². The van der Waals surface area contributed by atoms with Crippen molar-refractivity contribution in [2.75, 3.05) is 19.7 Å². The topological polar surface area (TPSA) is 21.3 Å². The second kappa shape index (κ2) is 7.35. The fourth-order valence-corrected chi connectivity index (χ4v) is 2.36. The van der Waals surface area contributed by atoms with Gasteiger partial charge in [0.25, 0.3) is 0 Å². The van der Waals surface area contributed by atoms with E-state index in [1.165, 1.54) is 16.4 Å². The Morgan fingerprint density at radius 3 is 2.62 bits per heavy atom. The molecule has 90 valence electrons. The molecule has 0 radical (unpaired) electrons. The van der Waals surface area contributed by atoms with Gasteiger partial charge in [-0.05, 0) is 66.6 Å². The molecule has 1 heterocycles. The maximum atomic E-state index is 5.84. The molecular weight excluding hydrogens is 336 g/mol. The van der Waals surface area contributed by atoms with E-state index in [2.05, 4.69) is 34.0 Å². The molecule has 0 spiro atoms. The average molecular weight is 354 g/mol. The van der Waals surface area contributed by atoms with E-state index in [0.717, 1.165) is 31.4 Å². The van der Waals surface area contributed by atoms with Crippen molar-refractivity contribution in [1.29, 1.82) is 0 Å². The lowest BCUT2D eigenvalue weighted by Crippen LogP contribution is -2.30. The number of hydrogen-bond donors (Lipinski definition) is 1. The second-order valence-electron chi connectivity index (χ2n) is 3.93. The molecule has 1 N–H and O–H groups in total. The third-order valence-electron chi connectivity index (χ3n) is 2.77. The average Bonchev–Trinajstić information content (AvgIpc) is 2.29. The van der Waals surface area contributed by atoms with E-state index in [4.69, 9.17) is 4.74 Å². The fourth-order valence-electron chi connectivity index (χ4n) is 1.82. The van der Waals surface area contributed by atoms with E-state index in [0.29, 0.717) is 0 Å². The molecule has 16 heavy (non-hydrogen) atoms. The van der Waals surface area contributed by atoms with Crippen molar-refractivity contribution >= 4 is 35.0 Å². The monoisotopic (exact) mass is 353 g/mol. The van der Waals surface area contributed by atoms with Crippen LogP contribution in [0.4, 0.5) is 0 Å². The van der Waals surface area contributed by atoms with E-state index in [1.807, 2.05) is 18.2 Å². The Kier molecular flexibility index (Phi) is 6.46. The van der Waals surface area contributed by atoms with Crippen molar-refractivity contribution in [2.45, 2.75) is 12.8 Å². The van der Waals surface area contributed by atoms with Crippen molar-refractivity contribution < 1.29 is 4.74 Å². The first kappa shape index (κ1) is 14.1. The minimum absolute atomic E-state index is 0. The minimum atomic E-state index is 0. The van der Waals surface area contributed by atoms with Crippen LogP contribution in [0.3, 0.4) is 0 Å². The maximum absolute atomic E-state index is 5.84. The Labute approximate surface area is 117 Å². The summed E-state index contributed by atoms with van der Waals surface area (Å²) in [6.45, 7) is 3.14. The zero-order valence-electron chi connectivity index (χ0n) is 9.12. The Morgan fingerprint density at radius 2 is 1.94 bits per heavy atom. The molecule has 0 amide bonds. The molecule has 1 aliphatic rings. The lowest BCUT2D eigenvalue weighted by Gasteiger charge is -2.22. The standard InChI is InChI=1S/C12H16INO.ClH/c13-11-3-1-2-4-12(11)15-9-10-5-7-14-8-6-10;/h1-4,10,14H,5-9H2;1H. The van der Waals surface area contributed by atoms with Crippen LogP contribution < -0.4 is 10.1 Å². The first-order chi connectivity index (χ1) is 7.36. The largest absolute Gasteiger partial charge is 0.492 e. The molecular formula is C12H17ClINO. The van der Waals surface area contributed by atoms with Crippen LogP contribution in [0.25, 0.3) is 0 Å². The van der Waals surface area contributed by atoms with Crippen LogP contribution in [0.15, 0.2) is 24.3 Å². The molecule has 1 fully saturated rings. The van der Waals surface area contributed by atoms with Gasteiger partial charge in [0.15, 0.2) is 0 Å². The molecule has 1 aromatic rings. The zero-order valence-corrected chi connectivity index (χ0v) is 12.1. The molecule has 0 bridgehead atoms. The Bertz CT molecular complexity index is 316. The van der Waals surface area contributed by atoms with Crippen molar-refractivity contribution in [2.24, 2.45) is 5.92 Å². The van der Waals surface area contributed by atoms with Gasteiger partial charge in [0.2, 0.25) is 0 Å². The molecule has 2 rings (SSSR count). The molecule has 0 aromatic heterocycles. The number of halogens is 2. The highest BCUT2D eigenvalue weighted by atomic mass is 127. The zero-order chi connectivity index (χ0) is 10.5. The quantitative estimate of drug-likeness (QED) is 0.843. The van der Waals surface area contributed by atoms with E-state index < -0.39 is 0 Å². The van der Waals surface area contributed by atoms with Crippen LogP contribution in [-0.2, 0) is 0 Å². The summed E-state index contributed by atoms with van der Waals surface area (Å²) in [6.07, 6.45) is 2.48. The smallest absolute Gasteiger partial charge is 0.132 e. The number of nitrogens with one attached hydrogen (secondary N) is 1. The Morgan fingerprint density at radius 1 is 1.25 bits per heavy atom. The number of rotatable bonds is 3. The minimum Gasteiger partial charge on any atom is -0.492 e. The fraction of sp³-hybridized carbons (Fsp3) is 0.500. The van der Waals surface area contributed by atoms with Gasteiger partial charge >= 0.3 is 0 Å². The normalized spacial score (nSPS) is 16.6. The molecule has 2 nitrogen and oxygen atoms in total. The first-order valence-electron chi connectivity index (χ1n) is 5.44. The van der Waals surface area contributed by atoms with Gasteiger partial charge in [-0.1, -0.05) is 12.1 Å². The Hall–Kier alpha value is -0.0000000000000000208. The van der Waals surface area contributed by atoms with Crippen molar-refractivity contribution in [3.8, 4) is 5.75 Å². The SMILES string of the molecule is Cl.Ic1ccccc1OCC1CCNCC1. The highest BCUT2D eigenvalue weighted by Gasteiger charge is 2.13. The lowest BCUT2D eigenvalue weighted by molar-refractivity contribution is 0.214. The van der Waals surface area contributed by atoms with E-state index in [1.54, 1.807) is 0 Å². The summed E-state index contributed by atoms with van der Waals surface area (Å²) in [5.41, 5.74) is 0. The number of para-hydroxylation sites is 1. The van der Waals surface area contributed by atoms with E-state index in [9.17, 15) is 0 Å². The molecule has 0 saturated carbocycles. The number of piperidine rings is 1. The van der Waals surface area contributed by atoms with Gasteiger partial charge in [0.1, 0.15) is 5.75 Å². The summed E-state index contributed by atoms with van der Waals surface area (Å²) < 4.78 is 7.04. The first-order valence-corrected chi connectivity index (χ1v) is 6.52. The van der Waals surface area contributed by atoms with Gasteiger partial charge in [0.05, 0.1) is 10.2 Å². The highest BCUT2D eigenvalue weighted by molar-refractivity contribution is 14.1. The molecule has 0 atom stereocenters. The summed E-state index contributed by atoms with van der Waals surface area (Å²) in [4.78, 5) is 0. The number of benzene rings is 1. The van der Waals surface area contributed by atoms with Gasteiger partial charge < -0.3 is 10.1 Å². The number of ether oxygens (including phenoxy) is 1. The van der Waals surface area contributed by atoms with E-state index in [-0.39, 0.29) is 12.4 Å². The van der Waals surface area contributed by atoms with Crippen LogP contribution in [0.5, 0.6) is 5.75 Å². The molecule has 1 aliphatic heterocycles. The molecule has 0 unspecified atom stereocenters. The predicted octanol–water partition coefficient (Wildman–Crippen LogP) is 3.09. The molecule has 1 aromatic carbocycles. The van der Waals surface area contributed by atoms with Crippen molar-refractivity contribution in [3.63, 3.8) is 0 Å². The third kappa shape index (κ3) is 4.11. The van der Waals surface area contributed by atoms with Crippen molar-refractivity contribution in [3.05, 3.63) is 27.8 Å². The van der Waals surface area contributed by atoms with Gasteiger partial charge in [0, 0.05) is 0 Å². The lowest BCUT2D eigenvalue weighted by atomic mass is 9.99. The van der Waals surface area contributed by atoms with Crippen LogP contribution in [-0.4, -0.2) is 19.7 Å². The van der Waals surface area contributed by atoms with Crippen LogP contribution in [0, 0.1) is 9.49 Å². The summed E-state index contributed by atoms with van der Waals surface area (Å²) in [6, 6.07) is 8.19.